The standard InChI is InChI=1S/C27H29FNO4P/c1-19(2)18-23(25-11-7-10-24(29-25)21-8-5-4-6-9-21)27(26(30)31,34(32)33-3)17-16-20-12-14-22(28)15-13-20/h4-17,19,23,34H,18H2,1-3H3,(H,30,31). The smallest absolute Gasteiger partial charge is 0.323 e. The van der Waals surface area contributed by atoms with E-state index in [1.165, 1.54) is 37.5 Å². The molecule has 0 amide bonds. The molecule has 0 aliphatic heterocycles. The highest BCUT2D eigenvalue weighted by Gasteiger charge is 2.51. The van der Waals surface area contributed by atoms with Crippen molar-refractivity contribution in [3.05, 3.63) is 95.9 Å². The van der Waals surface area contributed by atoms with Crippen LogP contribution < -0.4 is 0 Å². The highest BCUT2D eigenvalue weighted by atomic mass is 31.1. The summed E-state index contributed by atoms with van der Waals surface area (Å²) >= 11 is 0. The maximum atomic E-state index is 13.4. The molecule has 0 saturated heterocycles. The van der Waals surface area contributed by atoms with E-state index in [-0.39, 0.29) is 5.92 Å². The van der Waals surface area contributed by atoms with Crippen molar-refractivity contribution in [3.8, 4) is 11.3 Å². The van der Waals surface area contributed by atoms with Gasteiger partial charge in [0.25, 0.3) is 0 Å². The van der Waals surface area contributed by atoms with Gasteiger partial charge in [0, 0.05) is 24.3 Å². The Hall–Kier alpha value is -3.08. The van der Waals surface area contributed by atoms with Crippen molar-refractivity contribution in [2.45, 2.75) is 31.3 Å². The summed E-state index contributed by atoms with van der Waals surface area (Å²) in [6.07, 6.45) is 3.41. The van der Waals surface area contributed by atoms with Crippen molar-refractivity contribution in [3.63, 3.8) is 0 Å². The number of rotatable bonds is 10. The molecule has 0 bridgehead atoms. The minimum atomic E-state index is -3.12. The molecule has 0 radical (unpaired) electrons. The number of carboxylic acids is 1. The molecule has 3 atom stereocenters. The second-order valence-corrected chi connectivity index (χ2v) is 10.4. The van der Waals surface area contributed by atoms with E-state index in [4.69, 9.17) is 9.51 Å². The number of pyridine rings is 1. The number of carbonyl (C=O) groups is 1. The van der Waals surface area contributed by atoms with Gasteiger partial charge >= 0.3 is 5.97 Å². The van der Waals surface area contributed by atoms with Gasteiger partial charge in [0.05, 0.1) is 5.69 Å². The van der Waals surface area contributed by atoms with Gasteiger partial charge in [0.15, 0.2) is 5.16 Å². The topological polar surface area (TPSA) is 76.5 Å². The number of carboxylic acid groups (broad SMARTS) is 1. The summed E-state index contributed by atoms with van der Waals surface area (Å²) in [5, 5.41) is 8.64. The second-order valence-electron chi connectivity index (χ2n) is 8.55. The van der Waals surface area contributed by atoms with Crippen LogP contribution in [0, 0.1) is 11.7 Å². The molecule has 0 aliphatic carbocycles. The van der Waals surface area contributed by atoms with Crippen LogP contribution in [0.4, 0.5) is 4.39 Å². The van der Waals surface area contributed by atoms with E-state index in [0.29, 0.717) is 23.4 Å². The first-order chi connectivity index (χ1) is 16.3. The van der Waals surface area contributed by atoms with Gasteiger partial charge in [-0.25, -0.2) is 4.39 Å². The van der Waals surface area contributed by atoms with Gasteiger partial charge in [-0.2, -0.15) is 0 Å². The fourth-order valence-corrected chi connectivity index (χ4v) is 5.31. The molecule has 34 heavy (non-hydrogen) atoms. The molecule has 1 heterocycles. The van der Waals surface area contributed by atoms with Gasteiger partial charge in [0.1, 0.15) is 5.82 Å². The maximum absolute atomic E-state index is 13.4. The minimum Gasteiger partial charge on any atom is -0.480 e. The summed E-state index contributed by atoms with van der Waals surface area (Å²) in [6.45, 7) is 3.96. The molecular weight excluding hydrogens is 452 g/mol. The molecule has 2 aromatic carbocycles. The fraction of sp³-hybridized carbons (Fsp3) is 0.259. The lowest BCUT2D eigenvalue weighted by atomic mass is 9.81. The van der Waals surface area contributed by atoms with Crippen LogP contribution in [-0.2, 0) is 13.9 Å². The minimum absolute atomic E-state index is 0.0942. The molecule has 0 aliphatic rings. The van der Waals surface area contributed by atoms with Gasteiger partial charge in [-0.3, -0.25) is 14.3 Å². The van der Waals surface area contributed by atoms with Crippen LogP contribution in [0.1, 0.15) is 37.4 Å². The SMILES string of the molecule is CO[PH](=O)C(C=Cc1ccc(F)cc1)(C(=O)O)C(CC(C)C)c1cccc(-c2ccccc2)n1. The lowest BCUT2D eigenvalue weighted by Crippen LogP contribution is -2.41. The third-order valence-electron chi connectivity index (χ3n) is 5.74. The van der Waals surface area contributed by atoms with E-state index < -0.39 is 30.9 Å². The number of benzene rings is 2. The first-order valence-corrected chi connectivity index (χ1v) is 12.4. The lowest BCUT2D eigenvalue weighted by molar-refractivity contribution is -0.139. The molecule has 3 rings (SSSR count). The van der Waals surface area contributed by atoms with Crippen molar-refractivity contribution < 1.29 is 23.4 Å². The number of hydrogen-bond acceptors (Lipinski definition) is 4. The van der Waals surface area contributed by atoms with Crippen LogP contribution in [0.2, 0.25) is 0 Å². The van der Waals surface area contributed by atoms with Crippen molar-refractivity contribution in [2.75, 3.05) is 7.11 Å². The normalized spacial score (nSPS) is 15.2. The average Bonchev–Trinajstić information content (AvgIpc) is 2.84. The van der Waals surface area contributed by atoms with Gasteiger partial charge < -0.3 is 9.63 Å². The van der Waals surface area contributed by atoms with Crippen LogP contribution in [0.15, 0.2) is 78.9 Å². The van der Waals surface area contributed by atoms with Crippen molar-refractivity contribution >= 4 is 20.1 Å². The molecule has 3 aromatic rings. The van der Waals surface area contributed by atoms with E-state index in [0.717, 1.165) is 5.56 Å². The Morgan fingerprint density at radius 1 is 1.09 bits per heavy atom. The van der Waals surface area contributed by atoms with Gasteiger partial charge in [-0.15, -0.1) is 0 Å². The zero-order valence-electron chi connectivity index (χ0n) is 19.4. The van der Waals surface area contributed by atoms with Gasteiger partial charge in [0.2, 0.25) is 8.03 Å². The molecule has 178 valence electrons. The molecule has 1 N–H and O–H groups in total. The van der Waals surface area contributed by atoms with Crippen LogP contribution in [-0.4, -0.2) is 28.3 Å². The second kappa shape index (κ2) is 11.4. The first-order valence-electron chi connectivity index (χ1n) is 11.1. The van der Waals surface area contributed by atoms with Crippen LogP contribution in [0.25, 0.3) is 17.3 Å². The zero-order valence-corrected chi connectivity index (χ0v) is 20.4. The number of nitrogens with zero attached hydrogens (tertiary/aromatic N) is 1. The molecule has 5 nitrogen and oxygen atoms in total. The largest absolute Gasteiger partial charge is 0.480 e. The van der Waals surface area contributed by atoms with Crippen LogP contribution >= 0.6 is 8.03 Å². The Morgan fingerprint density at radius 2 is 1.76 bits per heavy atom. The van der Waals surface area contributed by atoms with E-state index in [2.05, 4.69) is 0 Å². The zero-order chi connectivity index (χ0) is 24.7. The summed E-state index contributed by atoms with van der Waals surface area (Å²) in [5.74, 6) is -2.28. The van der Waals surface area contributed by atoms with E-state index in [9.17, 15) is 18.9 Å². The predicted molar refractivity (Wildman–Crippen MR) is 134 cm³/mol. The van der Waals surface area contributed by atoms with E-state index in [1.807, 2.05) is 56.3 Å². The third-order valence-corrected chi connectivity index (χ3v) is 7.51. The van der Waals surface area contributed by atoms with Crippen LogP contribution in [0.3, 0.4) is 0 Å². The number of aromatic nitrogens is 1. The lowest BCUT2D eigenvalue weighted by Gasteiger charge is -2.34. The predicted octanol–water partition coefficient (Wildman–Crippen LogP) is 6.68. The summed E-state index contributed by atoms with van der Waals surface area (Å²) in [5.41, 5.74) is 2.71. The highest BCUT2D eigenvalue weighted by molar-refractivity contribution is 7.43. The Bertz CT molecular complexity index is 1160. The van der Waals surface area contributed by atoms with Crippen molar-refractivity contribution in [2.24, 2.45) is 5.92 Å². The molecule has 7 heteroatoms. The Kier molecular flexibility index (Phi) is 8.54. The summed E-state index contributed by atoms with van der Waals surface area (Å²) in [7, 11) is -1.87. The highest BCUT2D eigenvalue weighted by Crippen LogP contribution is 2.52. The Morgan fingerprint density at radius 3 is 2.35 bits per heavy atom. The van der Waals surface area contributed by atoms with Crippen LogP contribution in [0.5, 0.6) is 0 Å². The fourth-order valence-electron chi connectivity index (χ4n) is 4.03. The third kappa shape index (κ3) is 5.69. The van der Waals surface area contributed by atoms with Gasteiger partial charge in [-0.05, 0) is 42.2 Å². The summed E-state index contributed by atoms with van der Waals surface area (Å²) in [4.78, 5) is 17.7. The summed E-state index contributed by atoms with van der Waals surface area (Å²) < 4.78 is 31.9. The monoisotopic (exact) mass is 481 g/mol. The average molecular weight is 482 g/mol. The molecule has 0 fully saturated rings. The van der Waals surface area contributed by atoms with E-state index in [1.54, 1.807) is 12.1 Å². The molecular formula is C27H29FNO4P. The molecule has 0 saturated carbocycles. The first kappa shape index (κ1) is 25.5. The number of aliphatic carboxylic acids is 1. The Labute approximate surface area is 200 Å². The quantitative estimate of drug-likeness (QED) is 0.327. The van der Waals surface area contributed by atoms with Crippen molar-refractivity contribution in [1.82, 2.24) is 4.98 Å². The van der Waals surface area contributed by atoms with Crippen molar-refractivity contribution in [1.29, 1.82) is 0 Å². The molecule has 0 spiro atoms. The van der Waals surface area contributed by atoms with Gasteiger partial charge in [-0.1, -0.05) is 74.5 Å². The molecule has 3 unspecified atom stereocenters. The van der Waals surface area contributed by atoms with E-state index >= 15 is 0 Å². The number of halogens is 1. The molecule has 1 aromatic heterocycles. The Balaban J connectivity index is 2.19. The summed E-state index contributed by atoms with van der Waals surface area (Å²) in [6, 6.07) is 20.7. The maximum Gasteiger partial charge on any atom is 0.323 e. The number of hydrogen-bond donors (Lipinski definition) is 1.